The van der Waals surface area contributed by atoms with Crippen LogP contribution in [0.25, 0.3) is 0 Å². The number of fused-ring (bicyclic) bond motifs is 1. The van der Waals surface area contributed by atoms with Gasteiger partial charge in [-0.2, -0.15) is 0 Å². The summed E-state index contributed by atoms with van der Waals surface area (Å²) in [6, 6.07) is 4.49. The van der Waals surface area contributed by atoms with Gasteiger partial charge in [-0.25, -0.2) is 0 Å². The molecule has 0 spiro atoms. The Bertz CT molecular complexity index is 291. The zero-order valence-corrected chi connectivity index (χ0v) is 8.34. The third-order valence-electron chi connectivity index (χ3n) is 2.74. The van der Waals surface area contributed by atoms with Crippen molar-refractivity contribution in [2.24, 2.45) is 0 Å². The average molecular weight is 175 g/mol. The molecule has 1 heterocycles. The fourth-order valence-corrected chi connectivity index (χ4v) is 2.02. The minimum Gasteiger partial charge on any atom is -0.258 e. The highest BCUT2D eigenvalue weighted by atomic mass is 14.7. The van der Waals surface area contributed by atoms with Crippen LogP contribution in [0.2, 0.25) is 0 Å². The molecule has 0 N–H and O–H groups in total. The van der Waals surface area contributed by atoms with Gasteiger partial charge < -0.3 is 0 Å². The molecular weight excluding hydrogens is 158 g/mol. The molecule has 0 amide bonds. The second-order valence-corrected chi connectivity index (χ2v) is 3.87. The van der Waals surface area contributed by atoms with Crippen LogP contribution < -0.4 is 0 Å². The van der Waals surface area contributed by atoms with Crippen molar-refractivity contribution < 1.29 is 0 Å². The lowest BCUT2D eigenvalue weighted by molar-refractivity contribution is 0.661. The molecule has 0 fully saturated rings. The van der Waals surface area contributed by atoms with Gasteiger partial charge in [0.25, 0.3) is 0 Å². The molecule has 0 atom stereocenters. The van der Waals surface area contributed by atoms with Crippen LogP contribution in [0.15, 0.2) is 12.1 Å². The summed E-state index contributed by atoms with van der Waals surface area (Å²) in [4.78, 5) is 4.70. The second-order valence-electron chi connectivity index (χ2n) is 3.87. The van der Waals surface area contributed by atoms with E-state index in [1.165, 1.54) is 49.1 Å². The van der Waals surface area contributed by atoms with E-state index in [1.54, 1.807) is 0 Å². The molecule has 1 aliphatic carbocycles. The minimum atomic E-state index is 1.13. The maximum Gasteiger partial charge on any atom is 0.0438 e. The lowest BCUT2D eigenvalue weighted by atomic mass is 9.95. The molecular formula is C12H17N. The number of hydrogen-bond donors (Lipinski definition) is 0. The first-order valence-corrected chi connectivity index (χ1v) is 5.38. The van der Waals surface area contributed by atoms with Gasteiger partial charge in [0.15, 0.2) is 0 Å². The summed E-state index contributed by atoms with van der Waals surface area (Å²) in [5.74, 6) is 0. The Morgan fingerprint density at radius 2 is 2.08 bits per heavy atom. The van der Waals surface area contributed by atoms with Gasteiger partial charge in [0, 0.05) is 11.4 Å². The van der Waals surface area contributed by atoms with Crippen molar-refractivity contribution in [1.29, 1.82) is 0 Å². The number of aromatic nitrogens is 1. The zero-order chi connectivity index (χ0) is 9.10. The summed E-state index contributed by atoms with van der Waals surface area (Å²) >= 11 is 0. The van der Waals surface area contributed by atoms with Crippen LogP contribution in [-0.2, 0) is 19.3 Å². The van der Waals surface area contributed by atoms with E-state index in [1.807, 2.05) is 0 Å². The predicted octanol–water partition coefficient (Wildman–Crippen LogP) is 2.91. The quantitative estimate of drug-likeness (QED) is 0.673. The molecule has 1 aromatic rings. The summed E-state index contributed by atoms with van der Waals surface area (Å²) in [5.41, 5.74) is 4.14. The fourth-order valence-electron chi connectivity index (χ4n) is 2.02. The Labute approximate surface area is 80.2 Å². The van der Waals surface area contributed by atoms with Crippen LogP contribution in [-0.4, -0.2) is 4.98 Å². The Kier molecular flexibility index (Phi) is 2.62. The summed E-state index contributed by atoms with van der Waals surface area (Å²) < 4.78 is 0. The summed E-state index contributed by atoms with van der Waals surface area (Å²) in [7, 11) is 0. The SMILES string of the molecule is CCCc1ccc2c(n1)CCCC2. The van der Waals surface area contributed by atoms with E-state index in [4.69, 9.17) is 4.98 Å². The Morgan fingerprint density at radius 3 is 2.92 bits per heavy atom. The van der Waals surface area contributed by atoms with Gasteiger partial charge in [0.1, 0.15) is 0 Å². The van der Waals surface area contributed by atoms with Gasteiger partial charge in [-0.1, -0.05) is 19.4 Å². The molecule has 2 rings (SSSR count). The Morgan fingerprint density at radius 1 is 1.23 bits per heavy atom. The van der Waals surface area contributed by atoms with E-state index in [-0.39, 0.29) is 0 Å². The van der Waals surface area contributed by atoms with Gasteiger partial charge in [0.2, 0.25) is 0 Å². The molecule has 0 aromatic carbocycles. The molecule has 0 bridgehead atoms. The van der Waals surface area contributed by atoms with Gasteiger partial charge in [0.05, 0.1) is 0 Å². The molecule has 1 heteroatoms. The maximum atomic E-state index is 4.70. The van der Waals surface area contributed by atoms with E-state index in [0.29, 0.717) is 0 Å². The van der Waals surface area contributed by atoms with E-state index in [0.717, 1.165) is 6.42 Å². The van der Waals surface area contributed by atoms with Gasteiger partial charge in [-0.05, 0) is 43.7 Å². The fraction of sp³-hybridized carbons (Fsp3) is 0.583. The van der Waals surface area contributed by atoms with Gasteiger partial charge in [-0.15, -0.1) is 0 Å². The number of rotatable bonds is 2. The first-order valence-electron chi connectivity index (χ1n) is 5.38. The third kappa shape index (κ3) is 1.90. The zero-order valence-electron chi connectivity index (χ0n) is 8.34. The predicted molar refractivity (Wildman–Crippen MR) is 54.9 cm³/mol. The number of nitrogens with zero attached hydrogens (tertiary/aromatic N) is 1. The van der Waals surface area contributed by atoms with Crippen molar-refractivity contribution in [2.75, 3.05) is 0 Å². The molecule has 13 heavy (non-hydrogen) atoms. The van der Waals surface area contributed by atoms with Crippen LogP contribution >= 0.6 is 0 Å². The standard InChI is InChI=1S/C12H17N/c1-2-5-11-9-8-10-6-3-4-7-12(10)13-11/h8-9H,2-7H2,1H3. The average Bonchev–Trinajstić information content (AvgIpc) is 2.18. The summed E-state index contributed by atoms with van der Waals surface area (Å²) in [6.45, 7) is 2.21. The first kappa shape index (κ1) is 8.74. The highest BCUT2D eigenvalue weighted by Gasteiger charge is 2.10. The van der Waals surface area contributed by atoms with E-state index < -0.39 is 0 Å². The van der Waals surface area contributed by atoms with Crippen LogP contribution in [0.5, 0.6) is 0 Å². The number of aryl methyl sites for hydroxylation is 3. The third-order valence-corrected chi connectivity index (χ3v) is 2.74. The molecule has 0 saturated heterocycles. The summed E-state index contributed by atoms with van der Waals surface area (Å²) in [6.07, 6.45) is 7.46. The van der Waals surface area contributed by atoms with Crippen molar-refractivity contribution >= 4 is 0 Å². The number of pyridine rings is 1. The molecule has 0 unspecified atom stereocenters. The second kappa shape index (κ2) is 3.91. The van der Waals surface area contributed by atoms with Gasteiger partial charge >= 0.3 is 0 Å². The lowest BCUT2D eigenvalue weighted by Crippen LogP contribution is -2.06. The lowest BCUT2D eigenvalue weighted by Gasteiger charge is -2.15. The van der Waals surface area contributed by atoms with Crippen molar-refractivity contribution in [2.45, 2.75) is 45.4 Å². The minimum absolute atomic E-state index is 1.13. The van der Waals surface area contributed by atoms with E-state index >= 15 is 0 Å². The van der Waals surface area contributed by atoms with Crippen LogP contribution in [0, 0.1) is 0 Å². The largest absolute Gasteiger partial charge is 0.258 e. The highest BCUT2D eigenvalue weighted by Crippen LogP contribution is 2.19. The van der Waals surface area contributed by atoms with Crippen molar-refractivity contribution in [3.8, 4) is 0 Å². The van der Waals surface area contributed by atoms with E-state index in [2.05, 4.69) is 19.1 Å². The Balaban J connectivity index is 2.24. The molecule has 70 valence electrons. The molecule has 1 aliphatic rings. The van der Waals surface area contributed by atoms with Crippen LogP contribution in [0.4, 0.5) is 0 Å². The molecule has 1 nitrogen and oxygen atoms in total. The molecule has 1 aromatic heterocycles. The van der Waals surface area contributed by atoms with Gasteiger partial charge in [-0.3, -0.25) is 4.98 Å². The van der Waals surface area contributed by atoms with E-state index in [9.17, 15) is 0 Å². The number of hydrogen-bond acceptors (Lipinski definition) is 1. The molecule has 0 saturated carbocycles. The van der Waals surface area contributed by atoms with Crippen molar-refractivity contribution in [3.63, 3.8) is 0 Å². The van der Waals surface area contributed by atoms with Crippen molar-refractivity contribution in [1.82, 2.24) is 4.98 Å². The summed E-state index contributed by atoms with van der Waals surface area (Å²) in [5, 5.41) is 0. The molecule has 0 radical (unpaired) electrons. The first-order chi connectivity index (χ1) is 6.40. The monoisotopic (exact) mass is 175 g/mol. The van der Waals surface area contributed by atoms with Crippen LogP contribution in [0.3, 0.4) is 0 Å². The molecule has 0 aliphatic heterocycles. The normalized spacial score (nSPS) is 15.5. The maximum absolute atomic E-state index is 4.70. The topological polar surface area (TPSA) is 12.9 Å². The van der Waals surface area contributed by atoms with Crippen molar-refractivity contribution in [3.05, 3.63) is 29.1 Å². The highest BCUT2D eigenvalue weighted by molar-refractivity contribution is 5.25. The smallest absolute Gasteiger partial charge is 0.0438 e. The van der Waals surface area contributed by atoms with Crippen LogP contribution in [0.1, 0.15) is 43.1 Å². The Hall–Kier alpha value is -0.850.